The number of hydrogen-bond donors (Lipinski definition) is 2. The molecule has 106 valence electrons. The van der Waals surface area contributed by atoms with E-state index >= 15 is 0 Å². The van der Waals surface area contributed by atoms with Crippen LogP contribution in [0, 0.1) is 5.41 Å². The lowest BCUT2D eigenvalue weighted by atomic mass is 9.89. The van der Waals surface area contributed by atoms with Crippen LogP contribution >= 0.6 is 0 Å². The summed E-state index contributed by atoms with van der Waals surface area (Å²) in [5.74, 6) is -0.0787. The van der Waals surface area contributed by atoms with Crippen molar-refractivity contribution in [2.75, 3.05) is 0 Å². The van der Waals surface area contributed by atoms with Crippen molar-refractivity contribution in [2.24, 2.45) is 0 Å². The van der Waals surface area contributed by atoms with E-state index in [9.17, 15) is 9.90 Å². The van der Waals surface area contributed by atoms with Gasteiger partial charge in [-0.3, -0.25) is 4.79 Å². The molecule has 1 saturated carbocycles. The summed E-state index contributed by atoms with van der Waals surface area (Å²) in [6.07, 6.45) is 2.01. The Morgan fingerprint density at radius 3 is 2.67 bits per heavy atom. The van der Waals surface area contributed by atoms with E-state index in [1.54, 1.807) is 0 Å². The minimum Gasteiger partial charge on any atom is -0.511 e. The zero-order chi connectivity index (χ0) is 14.8. The van der Waals surface area contributed by atoms with Crippen molar-refractivity contribution < 1.29 is 9.90 Å². The topological polar surface area (TPSA) is 61.2 Å². The van der Waals surface area contributed by atoms with Gasteiger partial charge in [-0.2, -0.15) is 0 Å². The molecule has 0 atom stereocenters. The van der Waals surface area contributed by atoms with Crippen molar-refractivity contribution in [1.29, 1.82) is 5.41 Å². The number of rotatable bonds is 2. The highest BCUT2D eigenvalue weighted by molar-refractivity contribution is 6.23. The summed E-state index contributed by atoms with van der Waals surface area (Å²) in [7, 11) is 0. The van der Waals surface area contributed by atoms with E-state index in [4.69, 9.17) is 5.41 Å². The maximum atomic E-state index is 11.9. The molecule has 0 radical (unpaired) electrons. The second kappa shape index (κ2) is 5.52. The number of fused-ring (bicyclic) bond motifs is 1. The van der Waals surface area contributed by atoms with Crippen LogP contribution in [0.4, 0.5) is 0 Å². The Kier molecular flexibility index (Phi) is 3.57. The van der Waals surface area contributed by atoms with E-state index in [1.807, 2.05) is 42.5 Å². The van der Waals surface area contributed by atoms with Gasteiger partial charge in [0.15, 0.2) is 5.78 Å². The van der Waals surface area contributed by atoms with Crippen molar-refractivity contribution in [1.82, 2.24) is 0 Å². The normalized spacial score (nSPS) is 18.1. The maximum absolute atomic E-state index is 11.9. The first kappa shape index (κ1) is 13.6. The van der Waals surface area contributed by atoms with Crippen LogP contribution in [0.25, 0.3) is 10.8 Å². The van der Waals surface area contributed by atoms with Gasteiger partial charge in [-0.15, -0.1) is 0 Å². The van der Waals surface area contributed by atoms with Gasteiger partial charge in [0.1, 0.15) is 5.76 Å². The summed E-state index contributed by atoms with van der Waals surface area (Å²) in [4.78, 5) is 11.9. The van der Waals surface area contributed by atoms with Crippen LogP contribution in [-0.4, -0.2) is 16.6 Å². The first-order valence-corrected chi connectivity index (χ1v) is 7.16. The van der Waals surface area contributed by atoms with Crippen molar-refractivity contribution in [3.05, 3.63) is 59.4 Å². The third kappa shape index (κ3) is 2.59. The largest absolute Gasteiger partial charge is 0.511 e. The van der Waals surface area contributed by atoms with E-state index in [0.717, 1.165) is 16.3 Å². The van der Waals surface area contributed by atoms with Gasteiger partial charge >= 0.3 is 0 Å². The zero-order valence-corrected chi connectivity index (χ0v) is 11.7. The van der Waals surface area contributed by atoms with Crippen LogP contribution in [-0.2, 0) is 11.2 Å². The minimum absolute atomic E-state index is 0.0288. The summed E-state index contributed by atoms with van der Waals surface area (Å²) in [5, 5.41) is 20.4. The number of carbonyl (C=O) groups is 1. The molecule has 21 heavy (non-hydrogen) atoms. The molecule has 1 aliphatic carbocycles. The van der Waals surface area contributed by atoms with Gasteiger partial charge in [0.25, 0.3) is 0 Å². The smallest absolute Gasteiger partial charge is 0.168 e. The van der Waals surface area contributed by atoms with Crippen molar-refractivity contribution in [3.8, 4) is 0 Å². The lowest BCUT2D eigenvalue weighted by Gasteiger charge is -2.16. The second-order valence-electron chi connectivity index (χ2n) is 5.39. The predicted molar refractivity (Wildman–Crippen MR) is 83.9 cm³/mol. The summed E-state index contributed by atoms with van der Waals surface area (Å²) < 4.78 is 0. The average Bonchev–Trinajstić information content (AvgIpc) is 2.47. The lowest BCUT2D eigenvalue weighted by molar-refractivity contribution is -0.115. The molecule has 0 amide bonds. The zero-order valence-electron chi connectivity index (χ0n) is 11.7. The second-order valence-corrected chi connectivity index (χ2v) is 5.39. The quantitative estimate of drug-likeness (QED) is 0.645. The van der Waals surface area contributed by atoms with Crippen LogP contribution in [0.5, 0.6) is 0 Å². The molecule has 0 aromatic heterocycles. The first-order valence-electron chi connectivity index (χ1n) is 7.16. The monoisotopic (exact) mass is 279 g/mol. The molecule has 1 fully saturated rings. The molecular formula is C18H17NO2. The van der Waals surface area contributed by atoms with Gasteiger partial charge in [-0.1, -0.05) is 42.5 Å². The van der Waals surface area contributed by atoms with Gasteiger partial charge in [0, 0.05) is 18.6 Å². The number of nitrogens with one attached hydrogen (secondary N) is 1. The Balaban J connectivity index is 2.02. The summed E-state index contributed by atoms with van der Waals surface area (Å²) in [5.41, 5.74) is 1.47. The van der Waals surface area contributed by atoms with Gasteiger partial charge in [-0.25, -0.2) is 0 Å². The third-order valence-electron chi connectivity index (χ3n) is 3.94. The molecule has 3 nitrogen and oxygen atoms in total. The summed E-state index contributed by atoms with van der Waals surface area (Å²) in [6, 6.07) is 13.9. The van der Waals surface area contributed by atoms with Gasteiger partial charge in [0.2, 0.25) is 0 Å². The number of benzene rings is 2. The number of aliphatic hydroxyl groups excluding tert-OH is 1. The van der Waals surface area contributed by atoms with E-state index in [0.29, 0.717) is 25.7 Å². The molecule has 2 N–H and O–H groups in total. The Morgan fingerprint density at radius 1 is 1.10 bits per heavy atom. The Labute approximate surface area is 123 Å². The highest BCUT2D eigenvalue weighted by atomic mass is 16.3. The molecule has 2 aromatic carbocycles. The summed E-state index contributed by atoms with van der Waals surface area (Å²) in [6.45, 7) is 0. The highest BCUT2D eigenvalue weighted by Gasteiger charge is 2.24. The molecule has 2 aromatic rings. The van der Waals surface area contributed by atoms with Crippen molar-refractivity contribution in [2.45, 2.75) is 25.7 Å². The first-order chi connectivity index (χ1) is 10.2. The Hall–Kier alpha value is -2.42. The van der Waals surface area contributed by atoms with E-state index in [2.05, 4.69) is 0 Å². The molecule has 3 rings (SSSR count). The minimum atomic E-state index is -0.107. The molecule has 1 aliphatic rings. The SMILES string of the molecule is N=C1CCCC(=O)C1=C(O)Cc1cccc2ccccc12. The molecule has 0 heterocycles. The van der Waals surface area contributed by atoms with Gasteiger partial charge < -0.3 is 10.5 Å². The Bertz CT molecular complexity index is 735. The molecule has 0 unspecified atom stereocenters. The molecule has 3 heteroatoms. The van der Waals surface area contributed by atoms with Crippen LogP contribution in [0.3, 0.4) is 0 Å². The number of allylic oxidation sites excluding steroid dienone is 2. The van der Waals surface area contributed by atoms with Crippen LogP contribution < -0.4 is 0 Å². The lowest BCUT2D eigenvalue weighted by Crippen LogP contribution is -2.20. The maximum Gasteiger partial charge on any atom is 0.168 e. The molecule has 0 bridgehead atoms. The highest BCUT2D eigenvalue weighted by Crippen LogP contribution is 2.24. The van der Waals surface area contributed by atoms with Crippen LogP contribution in [0.2, 0.25) is 0 Å². The van der Waals surface area contributed by atoms with Gasteiger partial charge in [-0.05, 0) is 29.2 Å². The molecule has 0 aliphatic heterocycles. The number of Topliss-reactive ketones (excluding diaryl/α,β-unsaturated/α-hetero) is 1. The van der Waals surface area contributed by atoms with Crippen LogP contribution in [0.15, 0.2) is 53.8 Å². The Morgan fingerprint density at radius 2 is 1.86 bits per heavy atom. The summed E-state index contributed by atoms with van der Waals surface area (Å²) >= 11 is 0. The van der Waals surface area contributed by atoms with E-state index in [1.165, 1.54) is 0 Å². The third-order valence-corrected chi connectivity index (χ3v) is 3.94. The van der Waals surface area contributed by atoms with E-state index in [-0.39, 0.29) is 22.8 Å². The van der Waals surface area contributed by atoms with Crippen molar-refractivity contribution in [3.63, 3.8) is 0 Å². The average molecular weight is 279 g/mol. The predicted octanol–water partition coefficient (Wildman–Crippen LogP) is 3.97. The number of aliphatic hydroxyl groups is 1. The standard InChI is InChI=1S/C18H17NO2/c19-15-9-4-10-16(20)18(15)17(21)11-13-7-3-6-12-5-1-2-8-14(12)13/h1-3,5-8,19,21H,4,9-11H2. The fourth-order valence-electron chi connectivity index (χ4n) is 2.89. The number of hydrogen-bond acceptors (Lipinski definition) is 3. The molecule has 0 spiro atoms. The van der Waals surface area contributed by atoms with E-state index < -0.39 is 0 Å². The van der Waals surface area contributed by atoms with Crippen LogP contribution in [0.1, 0.15) is 24.8 Å². The fourth-order valence-corrected chi connectivity index (χ4v) is 2.89. The number of carbonyl (C=O) groups excluding carboxylic acids is 1. The van der Waals surface area contributed by atoms with Gasteiger partial charge in [0.05, 0.1) is 5.57 Å². The fraction of sp³-hybridized carbons (Fsp3) is 0.222. The molecular weight excluding hydrogens is 262 g/mol. The molecule has 0 saturated heterocycles. The van der Waals surface area contributed by atoms with Crippen molar-refractivity contribution >= 4 is 22.3 Å². The number of ketones is 1.